The van der Waals surface area contributed by atoms with Crippen LogP contribution >= 0.6 is 0 Å². The lowest BCUT2D eigenvalue weighted by Gasteiger charge is -2.13. The van der Waals surface area contributed by atoms with Gasteiger partial charge in [-0.2, -0.15) is 5.10 Å². The number of amides is 2. The van der Waals surface area contributed by atoms with Crippen LogP contribution in [0, 0.1) is 5.82 Å². The van der Waals surface area contributed by atoms with Gasteiger partial charge in [0, 0.05) is 38.7 Å². The van der Waals surface area contributed by atoms with Crippen LogP contribution in [0.15, 0.2) is 63.9 Å². The number of ether oxygens (including phenoxy) is 1. The van der Waals surface area contributed by atoms with Crippen LogP contribution in [0.5, 0.6) is 5.75 Å². The maximum Gasteiger partial charge on any atom is 0.419 e. The van der Waals surface area contributed by atoms with Crippen molar-refractivity contribution in [2.75, 3.05) is 0 Å². The molecule has 0 radical (unpaired) electrons. The number of aromatic nitrogens is 4. The fourth-order valence-corrected chi connectivity index (χ4v) is 3.98. The van der Waals surface area contributed by atoms with E-state index in [1.165, 1.54) is 17.6 Å². The number of fused-ring (bicyclic) bond motifs is 2. The highest BCUT2D eigenvalue weighted by Crippen LogP contribution is 2.20. The van der Waals surface area contributed by atoms with Crippen LogP contribution < -0.4 is 21.1 Å². The van der Waals surface area contributed by atoms with E-state index < -0.39 is 29.7 Å². The summed E-state index contributed by atoms with van der Waals surface area (Å²) in [6.45, 7) is 1.27. The quantitative estimate of drug-likeness (QED) is 0.312. The minimum atomic E-state index is -1.55. The van der Waals surface area contributed by atoms with Crippen molar-refractivity contribution in [1.82, 2.24) is 29.8 Å². The number of carbonyl (C=O) groups is 2. The average molecular weight is 536 g/mol. The van der Waals surface area contributed by atoms with Crippen molar-refractivity contribution in [3.05, 3.63) is 93.6 Å². The van der Waals surface area contributed by atoms with Gasteiger partial charge in [0.25, 0.3) is 11.8 Å². The Morgan fingerprint density at radius 3 is 2.67 bits per heavy atom. The lowest BCUT2D eigenvalue weighted by molar-refractivity contribution is 0.0845. The molecule has 1 atom stereocenters. The third kappa shape index (κ3) is 5.19. The highest BCUT2D eigenvalue weighted by atomic mass is 19.1. The first kappa shape index (κ1) is 25.6. The number of halogens is 2. The summed E-state index contributed by atoms with van der Waals surface area (Å²) in [7, 11) is 1.57. The van der Waals surface area contributed by atoms with Crippen molar-refractivity contribution in [2.45, 2.75) is 26.4 Å². The van der Waals surface area contributed by atoms with Crippen molar-refractivity contribution >= 4 is 28.6 Å². The molecule has 0 fully saturated rings. The Bertz CT molecular complexity index is 1770. The van der Waals surface area contributed by atoms with Gasteiger partial charge in [-0.25, -0.2) is 23.1 Å². The zero-order valence-electron chi connectivity index (χ0n) is 20.8. The maximum atomic E-state index is 14.4. The summed E-state index contributed by atoms with van der Waals surface area (Å²) in [4.78, 5) is 41.8. The summed E-state index contributed by atoms with van der Waals surface area (Å²) in [5.74, 6) is -2.41. The molecular weight excluding hydrogens is 514 g/mol. The average Bonchev–Trinajstić information content (AvgIpc) is 3.43. The smallest absolute Gasteiger partial charge is 0.419 e. The van der Waals surface area contributed by atoms with E-state index in [-0.39, 0.29) is 35.9 Å². The SMILES string of the molecule is CC(F)Oc1ccccc1CNC(=O)c1cc(C(=O)NCc2ccc3oc(=O)n(C)c3c2)nc2c(F)cnn12. The number of aryl methyl sites for hydroxylation is 1. The predicted octanol–water partition coefficient (Wildman–Crippen LogP) is 2.87. The van der Waals surface area contributed by atoms with Gasteiger partial charge in [-0.1, -0.05) is 24.3 Å². The van der Waals surface area contributed by atoms with E-state index in [0.29, 0.717) is 22.2 Å². The molecular formula is C26H22F2N6O5. The molecule has 0 saturated carbocycles. The molecule has 5 rings (SSSR count). The molecule has 2 N–H and O–H groups in total. The van der Waals surface area contributed by atoms with Crippen LogP contribution in [0.4, 0.5) is 8.78 Å². The van der Waals surface area contributed by atoms with Gasteiger partial charge in [0.05, 0.1) is 11.7 Å². The molecule has 0 aliphatic heterocycles. The maximum absolute atomic E-state index is 14.4. The first-order valence-electron chi connectivity index (χ1n) is 11.8. The molecule has 0 bridgehead atoms. The number of nitrogens with one attached hydrogen (secondary N) is 2. The second-order valence-electron chi connectivity index (χ2n) is 8.62. The lowest BCUT2D eigenvalue weighted by Crippen LogP contribution is -2.28. The highest BCUT2D eigenvalue weighted by molar-refractivity contribution is 5.98. The zero-order chi connectivity index (χ0) is 27.7. The molecule has 200 valence electrons. The Morgan fingerprint density at radius 1 is 1.10 bits per heavy atom. The Hall–Kier alpha value is -5.07. The molecule has 5 aromatic rings. The van der Waals surface area contributed by atoms with Crippen molar-refractivity contribution in [3.8, 4) is 5.75 Å². The third-order valence-corrected chi connectivity index (χ3v) is 5.90. The van der Waals surface area contributed by atoms with Crippen LogP contribution in [-0.4, -0.2) is 37.3 Å². The highest BCUT2D eigenvalue weighted by Gasteiger charge is 2.20. The topological polar surface area (TPSA) is 133 Å². The van der Waals surface area contributed by atoms with Crippen LogP contribution in [0.2, 0.25) is 0 Å². The number of carbonyl (C=O) groups excluding carboxylic acids is 2. The normalized spacial score (nSPS) is 12.0. The van der Waals surface area contributed by atoms with Gasteiger partial charge >= 0.3 is 5.76 Å². The van der Waals surface area contributed by atoms with Crippen LogP contribution in [-0.2, 0) is 20.1 Å². The number of para-hydroxylation sites is 1. The Kier molecular flexibility index (Phi) is 6.79. The monoisotopic (exact) mass is 536 g/mol. The van der Waals surface area contributed by atoms with Gasteiger partial charge in [-0.3, -0.25) is 14.2 Å². The van der Waals surface area contributed by atoms with Crippen LogP contribution in [0.1, 0.15) is 39.0 Å². The molecule has 2 aromatic carbocycles. The second kappa shape index (κ2) is 10.4. The third-order valence-electron chi connectivity index (χ3n) is 5.90. The Balaban J connectivity index is 1.36. The number of rotatable bonds is 8. The first-order chi connectivity index (χ1) is 18.7. The van der Waals surface area contributed by atoms with Gasteiger partial charge in [-0.05, 0) is 23.8 Å². The summed E-state index contributed by atoms with van der Waals surface area (Å²) in [5.41, 5.74) is 1.49. The molecule has 0 aliphatic carbocycles. The summed E-state index contributed by atoms with van der Waals surface area (Å²) in [5, 5.41) is 9.19. The molecule has 13 heteroatoms. The van der Waals surface area contributed by atoms with E-state index in [9.17, 15) is 23.2 Å². The largest absolute Gasteiger partial charge is 0.460 e. The minimum Gasteiger partial charge on any atom is -0.460 e. The van der Waals surface area contributed by atoms with Crippen molar-refractivity contribution in [3.63, 3.8) is 0 Å². The molecule has 0 saturated heterocycles. The van der Waals surface area contributed by atoms with E-state index in [0.717, 1.165) is 10.7 Å². The number of alkyl halides is 1. The van der Waals surface area contributed by atoms with Gasteiger partial charge in [0.15, 0.2) is 17.0 Å². The fraction of sp³-hybridized carbons (Fsp3) is 0.192. The first-order valence-corrected chi connectivity index (χ1v) is 11.8. The number of oxazole rings is 1. The molecule has 0 aliphatic rings. The molecule has 3 heterocycles. The molecule has 1 unspecified atom stereocenters. The predicted molar refractivity (Wildman–Crippen MR) is 134 cm³/mol. The molecule has 0 spiro atoms. The molecule has 39 heavy (non-hydrogen) atoms. The number of benzene rings is 2. The van der Waals surface area contributed by atoms with Gasteiger partial charge in [-0.15, -0.1) is 0 Å². The molecule has 11 nitrogen and oxygen atoms in total. The van der Waals surface area contributed by atoms with Gasteiger partial charge in [0.1, 0.15) is 17.1 Å². The van der Waals surface area contributed by atoms with Crippen LogP contribution in [0.3, 0.4) is 0 Å². The summed E-state index contributed by atoms with van der Waals surface area (Å²) in [6.07, 6.45) is -0.667. The van der Waals surface area contributed by atoms with Crippen molar-refractivity contribution < 1.29 is 27.5 Å². The zero-order valence-corrected chi connectivity index (χ0v) is 20.8. The minimum absolute atomic E-state index is 0.0319. The van der Waals surface area contributed by atoms with Crippen molar-refractivity contribution in [1.29, 1.82) is 0 Å². The lowest BCUT2D eigenvalue weighted by atomic mass is 10.2. The van der Waals surface area contributed by atoms with Crippen molar-refractivity contribution in [2.24, 2.45) is 7.05 Å². The van der Waals surface area contributed by atoms with Crippen LogP contribution in [0.25, 0.3) is 16.7 Å². The Labute approximate surface area is 219 Å². The molecule has 3 aromatic heterocycles. The summed E-state index contributed by atoms with van der Waals surface area (Å²) < 4.78 is 40.3. The van der Waals surface area contributed by atoms with E-state index >= 15 is 0 Å². The second-order valence-corrected chi connectivity index (χ2v) is 8.62. The number of nitrogens with zero attached hydrogens (tertiary/aromatic N) is 4. The molecule has 2 amide bonds. The summed E-state index contributed by atoms with van der Waals surface area (Å²) >= 11 is 0. The summed E-state index contributed by atoms with van der Waals surface area (Å²) in [6, 6.07) is 12.8. The standard InChI is InChI=1S/C26H22F2N6O5/c1-14(27)38-21-6-4-3-5-16(21)12-30-25(36)20-10-18(32-23-17(28)13-31-34(20)23)24(35)29-11-15-7-8-22-19(9-15)33(2)26(37)39-22/h3-10,13-14H,11-12H2,1-2H3,(H,29,35)(H,30,36). The van der Waals surface area contributed by atoms with Gasteiger partial charge < -0.3 is 19.8 Å². The van der Waals surface area contributed by atoms with E-state index in [1.54, 1.807) is 49.5 Å². The Morgan fingerprint density at radius 2 is 1.87 bits per heavy atom. The number of hydrogen-bond donors (Lipinski definition) is 2. The van der Waals surface area contributed by atoms with E-state index in [2.05, 4.69) is 20.7 Å². The van der Waals surface area contributed by atoms with E-state index in [1.807, 2.05) is 0 Å². The fourth-order valence-electron chi connectivity index (χ4n) is 3.98. The number of hydrogen-bond acceptors (Lipinski definition) is 7. The van der Waals surface area contributed by atoms with Gasteiger partial charge in [0.2, 0.25) is 6.36 Å². The van der Waals surface area contributed by atoms with E-state index in [4.69, 9.17) is 9.15 Å².